The third-order valence-electron chi connectivity index (χ3n) is 2.54. The van der Waals surface area contributed by atoms with Crippen LogP contribution in [-0.4, -0.2) is 35.6 Å². The number of benzene rings is 1. The number of hydrogen-bond acceptors (Lipinski definition) is 2. The highest BCUT2D eigenvalue weighted by Crippen LogP contribution is 2.33. The van der Waals surface area contributed by atoms with Gasteiger partial charge in [0.15, 0.2) is 0 Å². The Hall–Kier alpha value is -1.96. The largest absolute Gasteiger partial charge is 0.481 e. The molecule has 2 N–H and O–H groups in total. The third-order valence-corrected chi connectivity index (χ3v) is 2.87. The first-order chi connectivity index (χ1) is 9.61. The molecule has 0 aliphatic heterocycles. The van der Waals surface area contributed by atoms with Crippen molar-refractivity contribution < 1.29 is 27.9 Å². The third kappa shape index (κ3) is 5.14. The Morgan fingerprint density at radius 3 is 2.52 bits per heavy atom. The fraction of sp³-hybridized carbons (Fsp3) is 0.333. The number of nitrogens with one attached hydrogen (secondary N) is 1. The molecule has 0 fully saturated rings. The smallest absolute Gasteiger partial charge is 0.416 e. The lowest BCUT2D eigenvalue weighted by Crippen LogP contribution is -2.33. The number of hydrogen-bond donors (Lipinski definition) is 2. The van der Waals surface area contributed by atoms with Gasteiger partial charge < -0.3 is 15.3 Å². The molecule has 0 unspecified atom stereocenters. The van der Waals surface area contributed by atoms with Gasteiger partial charge in [-0.3, -0.25) is 4.79 Å². The fourth-order valence-corrected chi connectivity index (χ4v) is 1.54. The number of aliphatic carboxylic acids is 1. The first kappa shape index (κ1) is 17.1. The highest BCUT2D eigenvalue weighted by molar-refractivity contribution is 6.33. The first-order valence-corrected chi connectivity index (χ1v) is 6.09. The molecule has 1 rings (SSSR count). The molecule has 0 saturated heterocycles. The summed E-state index contributed by atoms with van der Waals surface area (Å²) >= 11 is 5.73. The van der Waals surface area contributed by atoms with Gasteiger partial charge in [-0.2, -0.15) is 13.2 Å². The number of halogens is 4. The number of anilines is 1. The number of carboxylic acid groups (broad SMARTS) is 1. The summed E-state index contributed by atoms with van der Waals surface area (Å²) in [5.74, 6) is -1.09. The average Bonchev–Trinajstić information content (AvgIpc) is 2.36. The number of rotatable bonds is 4. The summed E-state index contributed by atoms with van der Waals surface area (Å²) in [6.07, 6.45) is -4.83. The Labute approximate surface area is 123 Å². The Kier molecular flexibility index (Phi) is 5.42. The highest BCUT2D eigenvalue weighted by Gasteiger charge is 2.31. The van der Waals surface area contributed by atoms with Crippen LogP contribution in [0.4, 0.5) is 23.7 Å². The summed E-state index contributed by atoms with van der Waals surface area (Å²) in [5, 5.41) is 10.7. The van der Waals surface area contributed by atoms with E-state index in [0.717, 1.165) is 17.0 Å². The van der Waals surface area contributed by atoms with E-state index >= 15 is 0 Å². The van der Waals surface area contributed by atoms with E-state index in [2.05, 4.69) is 5.32 Å². The normalized spacial score (nSPS) is 11.1. The van der Waals surface area contributed by atoms with Crippen molar-refractivity contribution in [3.63, 3.8) is 0 Å². The second-order valence-corrected chi connectivity index (χ2v) is 4.60. The standard InChI is InChI=1S/C12H12ClF3N2O3/c1-18(5-4-10(19)20)11(21)17-9-6-7(12(14,15)16)2-3-8(9)13/h2-3,6H,4-5H2,1H3,(H,17,21)(H,19,20). The van der Waals surface area contributed by atoms with Gasteiger partial charge in [-0.25, -0.2) is 4.79 Å². The van der Waals surface area contributed by atoms with Crippen LogP contribution in [0.3, 0.4) is 0 Å². The lowest BCUT2D eigenvalue weighted by molar-refractivity contribution is -0.138. The summed E-state index contributed by atoms with van der Waals surface area (Å²) in [6, 6.07) is 1.78. The van der Waals surface area contributed by atoms with Gasteiger partial charge >= 0.3 is 18.2 Å². The van der Waals surface area contributed by atoms with Crippen LogP contribution in [-0.2, 0) is 11.0 Å². The Morgan fingerprint density at radius 1 is 1.38 bits per heavy atom. The minimum absolute atomic E-state index is 0.0528. The molecule has 2 amide bonds. The molecule has 0 heterocycles. The quantitative estimate of drug-likeness (QED) is 0.892. The Balaban J connectivity index is 2.82. The molecule has 116 valence electrons. The lowest BCUT2D eigenvalue weighted by atomic mass is 10.2. The van der Waals surface area contributed by atoms with Crippen LogP contribution in [0.25, 0.3) is 0 Å². The maximum absolute atomic E-state index is 12.6. The van der Waals surface area contributed by atoms with Gasteiger partial charge in [0.1, 0.15) is 0 Å². The van der Waals surface area contributed by atoms with Crippen molar-refractivity contribution >= 4 is 29.3 Å². The van der Waals surface area contributed by atoms with Crippen molar-refractivity contribution in [1.82, 2.24) is 4.90 Å². The van der Waals surface area contributed by atoms with E-state index in [9.17, 15) is 22.8 Å². The van der Waals surface area contributed by atoms with Crippen molar-refractivity contribution in [2.75, 3.05) is 18.9 Å². The molecular weight excluding hydrogens is 313 g/mol. The number of carbonyl (C=O) groups is 2. The monoisotopic (exact) mass is 324 g/mol. The van der Waals surface area contributed by atoms with E-state index in [-0.39, 0.29) is 23.7 Å². The van der Waals surface area contributed by atoms with Crippen molar-refractivity contribution in [3.8, 4) is 0 Å². The molecule has 0 radical (unpaired) electrons. The lowest BCUT2D eigenvalue weighted by Gasteiger charge is -2.18. The molecule has 0 aliphatic rings. The van der Waals surface area contributed by atoms with Crippen LogP contribution in [0.1, 0.15) is 12.0 Å². The van der Waals surface area contributed by atoms with E-state index in [1.54, 1.807) is 0 Å². The second kappa shape index (κ2) is 6.66. The Morgan fingerprint density at radius 2 is 2.00 bits per heavy atom. The maximum atomic E-state index is 12.6. The van der Waals surface area contributed by atoms with Crippen molar-refractivity contribution in [2.45, 2.75) is 12.6 Å². The number of nitrogens with zero attached hydrogens (tertiary/aromatic N) is 1. The summed E-state index contributed by atoms with van der Waals surface area (Å²) in [5.41, 5.74) is -1.14. The van der Waals surface area contributed by atoms with E-state index in [1.807, 2.05) is 0 Å². The highest BCUT2D eigenvalue weighted by atomic mass is 35.5. The van der Waals surface area contributed by atoms with E-state index in [1.165, 1.54) is 7.05 Å². The van der Waals surface area contributed by atoms with Crippen LogP contribution in [0, 0.1) is 0 Å². The van der Waals surface area contributed by atoms with Gasteiger partial charge in [0.2, 0.25) is 0 Å². The summed E-state index contributed by atoms with van der Waals surface area (Å²) in [6.45, 7) is -0.0856. The van der Waals surface area contributed by atoms with Gasteiger partial charge in [0.05, 0.1) is 22.7 Å². The molecule has 0 saturated carbocycles. The van der Waals surface area contributed by atoms with E-state index in [4.69, 9.17) is 16.7 Å². The molecule has 5 nitrogen and oxygen atoms in total. The summed E-state index contributed by atoms with van der Waals surface area (Å²) in [7, 11) is 1.32. The molecule has 9 heteroatoms. The molecule has 0 aliphatic carbocycles. The second-order valence-electron chi connectivity index (χ2n) is 4.19. The van der Waals surface area contributed by atoms with Crippen LogP contribution in [0.5, 0.6) is 0 Å². The number of amides is 2. The first-order valence-electron chi connectivity index (χ1n) is 5.72. The van der Waals surface area contributed by atoms with Crippen molar-refractivity contribution in [3.05, 3.63) is 28.8 Å². The maximum Gasteiger partial charge on any atom is 0.416 e. The Bertz CT molecular complexity index is 549. The van der Waals surface area contributed by atoms with Gasteiger partial charge in [-0.15, -0.1) is 0 Å². The molecular formula is C12H12ClF3N2O3. The number of alkyl halides is 3. The summed E-state index contributed by atoms with van der Waals surface area (Å²) < 4.78 is 37.7. The SMILES string of the molecule is CN(CCC(=O)O)C(=O)Nc1cc(C(F)(F)F)ccc1Cl. The zero-order valence-corrected chi connectivity index (χ0v) is 11.6. The van der Waals surface area contributed by atoms with Gasteiger partial charge in [-0.1, -0.05) is 11.6 Å². The molecule has 0 spiro atoms. The van der Waals surface area contributed by atoms with Crippen LogP contribution < -0.4 is 5.32 Å². The van der Waals surface area contributed by atoms with Crippen LogP contribution >= 0.6 is 11.6 Å². The summed E-state index contributed by atoms with van der Waals surface area (Å²) in [4.78, 5) is 23.1. The molecule has 1 aromatic rings. The zero-order valence-electron chi connectivity index (χ0n) is 10.9. The minimum atomic E-state index is -4.56. The minimum Gasteiger partial charge on any atom is -0.481 e. The van der Waals surface area contributed by atoms with Crippen molar-refractivity contribution in [1.29, 1.82) is 0 Å². The predicted molar refractivity (Wildman–Crippen MR) is 70.4 cm³/mol. The molecule has 1 aromatic carbocycles. The van der Waals surface area contributed by atoms with Crippen LogP contribution in [0.2, 0.25) is 5.02 Å². The van der Waals surface area contributed by atoms with E-state index < -0.39 is 23.7 Å². The predicted octanol–water partition coefficient (Wildman–Crippen LogP) is 3.30. The molecule has 0 bridgehead atoms. The number of carboxylic acids is 1. The van der Waals surface area contributed by atoms with Gasteiger partial charge in [-0.05, 0) is 18.2 Å². The van der Waals surface area contributed by atoms with Gasteiger partial charge in [0, 0.05) is 13.6 Å². The topological polar surface area (TPSA) is 69.6 Å². The molecule has 21 heavy (non-hydrogen) atoms. The zero-order chi connectivity index (χ0) is 16.2. The van der Waals surface area contributed by atoms with Gasteiger partial charge in [0.25, 0.3) is 0 Å². The van der Waals surface area contributed by atoms with Crippen LogP contribution in [0.15, 0.2) is 18.2 Å². The van der Waals surface area contributed by atoms with E-state index in [0.29, 0.717) is 6.07 Å². The fourth-order valence-electron chi connectivity index (χ4n) is 1.37. The average molecular weight is 325 g/mol. The number of urea groups is 1. The van der Waals surface area contributed by atoms with Crippen molar-refractivity contribution in [2.24, 2.45) is 0 Å². The number of carbonyl (C=O) groups excluding carboxylic acids is 1. The molecule has 0 aromatic heterocycles. The molecule has 0 atom stereocenters.